The van der Waals surface area contributed by atoms with Crippen molar-refractivity contribution in [2.24, 2.45) is 0 Å². The molecule has 0 spiro atoms. The second kappa shape index (κ2) is 4.74. The molecule has 100 valence electrons. The Kier molecular flexibility index (Phi) is 2.91. The van der Waals surface area contributed by atoms with E-state index < -0.39 is 0 Å². The van der Waals surface area contributed by atoms with Gasteiger partial charge in [-0.05, 0) is 24.3 Å². The van der Waals surface area contributed by atoms with Gasteiger partial charge in [0.1, 0.15) is 11.5 Å². The molecule has 0 aliphatic carbocycles. The van der Waals surface area contributed by atoms with Crippen LogP contribution in [0.3, 0.4) is 0 Å². The Labute approximate surface area is 114 Å². The number of para-hydroxylation sites is 2. The Morgan fingerprint density at radius 3 is 2.70 bits per heavy atom. The quantitative estimate of drug-likeness (QED) is 0.775. The van der Waals surface area contributed by atoms with Crippen LogP contribution in [0.25, 0.3) is 22.3 Å². The minimum atomic E-state index is -0.206. The first-order chi connectivity index (χ1) is 9.70. The van der Waals surface area contributed by atoms with Crippen molar-refractivity contribution in [3.8, 4) is 22.8 Å². The number of phenolic OH excluding ortho intramolecular Hbond substituents is 1. The summed E-state index contributed by atoms with van der Waals surface area (Å²) in [5.41, 5.74) is 0.640. The zero-order chi connectivity index (χ0) is 14.1. The predicted octanol–water partition coefficient (Wildman–Crippen LogP) is 3.17. The third kappa shape index (κ3) is 1.91. The number of phenols is 1. The molecule has 0 fully saturated rings. The molecule has 3 aromatic rings. The van der Waals surface area contributed by atoms with E-state index in [2.05, 4.69) is 0 Å². The van der Waals surface area contributed by atoms with Crippen LogP contribution in [-0.4, -0.2) is 12.2 Å². The third-order valence-electron chi connectivity index (χ3n) is 3.11. The molecule has 4 heteroatoms. The summed E-state index contributed by atoms with van der Waals surface area (Å²) >= 11 is 0. The van der Waals surface area contributed by atoms with Gasteiger partial charge in [0.25, 0.3) is 0 Å². The fourth-order valence-corrected chi connectivity index (χ4v) is 2.14. The molecule has 0 bridgehead atoms. The highest BCUT2D eigenvalue weighted by molar-refractivity contribution is 5.84. The van der Waals surface area contributed by atoms with Crippen LogP contribution in [-0.2, 0) is 0 Å². The van der Waals surface area contributed by atoms with Crippen LogP contribution in [0.1, 0.15) is 0 Å². The average molecular weight is 268 g/mol. The second-order valence-corrected chi connectivity index (χ2v) is 4.33. The lowest BCUT2D eigenvalue weighted by molar-refractivity contribution is 0.414. The fraction of sp³-hybridized carbons (Fsp3) is 0.0625. The lowest BCUT2D eigenvalue weighted by Gasteiger charge is -2.08. The zero-order valence-corrected chi connectivity index (χ0v) is 10.8. The molecule has 0 radical (unpaired) electrons. The van der Waals surface area contributed by atoms with Crippen molar-refractivity contribution >= 4 is 11.0 Å². The fourth-order valence-electron chi connectivity index (χ4n) is 2.14. The van der Waals surface area contributed by atoms with E-state index >= 15 is 0 Å². The highest BCUT2D eigenvalue weighted by Gasteiger charge is 2.12. The maximum atomic E-state index is 12.1. The van der Waals surface area contributed by atoms with E-state index in [-0.39, 0.29) is 16.8 Å². The molecule has 1 aromatic heterocycles. The van der Waals surface area contributed by atoms with Gasteiger partial charge in [0.15, 0.2) is 16.8 Å². The molecular formula is C16H12O4. The molecule has 0 unspecified atom stereocenters. The van der Waals surface area contributed by atoms with Gasteiger partial charge in [-0.15, -0.1) is 0 Å². The minimum Gasteiger partial charge on any atom is -0.504 e. The smallest absolute Gasteiger partial charge is 0.193 e. The molecule has 3 rings (SSSR count). The number of ether oxygens (including phenoxy) is 1. The summed E-state index contributed by atoms with van der Waals surface area (Å²) in [6.45, 7) is 0. The van der Waals surface area contributed by atoms with Crippen molar-refractivity contribution in [2.75, 3.05) is 7.11 Å². The lowest BCUT2D eigenvalue weighted by atomic mass is 10.1. The molecule has 0 saturated heterocycles. The molecule has 0 atom stereocenters. The van der Waals surface area contributed by atoms with Crippen LogP contribution in [0, 0.1) is 0 Å². The Bertz CT molecular complexity index is 833. The van der Waals surface area contributed by atoms with Crippen molar-refractivity contribution in [3.63, 3.8) is 0 Å². The predicted molar refractivity (Wildman–Crippen MR) is 76.1 cm³/mol. The van der Waals surface area contributed by atoms with Gasteiger partial charge < -0.3 is 14.3 Å². The topological polar surface area (TPSA) is 59.7 Å². The molecule has 0 amide bonds. The first-order valence-electron chi connectivity index (χ1n) is 6.10. The highest BCUT2D eigenvalue weighted by Crippen LogP contribution is 2.32. The number of rotatable bonds is 2. The van der Waals surface area contributed by atoms with Crippen LogP contribution in [0.4, 0.5) is 0 Å². The number of benzene rings is 2. The van der Waals surface area contributed by atoms with E-state index in [1.165, 1.54) is 12.1 Å². The number of fused-ring (bicyclic) bond motifs is 1. The molecule has 4 nitrogen and oxygen atoms in total. The molecule has 0 aliphatic heterocycles. The first-order valence-corrected chi connectivity index (χ1v) is 6.10. The van der Waals surface area contributed by atoms with E-state index in [1.807, 2.05) is 12.1 Å². The van der Waals surface area contributed by atoms with E-state index in [4.69, 9.17) is 9.15 Å². The average Bonchev–Trinajstić information content (AvgIpc) is 2.48. The summed E-state index contributed by atoms with van der Waals surface area (Å²) in [4.78, 5) is 12.1. The van der Waals surface area contributed by atoms with Gasteiger partial charge in [-0.1, -0.05) is 18.2 Å². The van der Waals surface area contributed by atoms with Gasteiger partial charge in [-0.2, -0.15) is 0 Å². The molecule has 1 N–H and O–H groups in total. The molecule has 0 saturated carbocycles. The normalized spacial score (nSPS) is 10.7. The monoisotopic (exact) mass is 268 g/mol. The largest absolute Gasteiger partial charge is 0.504 e. The summed E-state index contributed by atoms with van der Waals surface area (Å²) in [7, 11) is 1.55. The second-order valence-electron chi connectivity index (χ2n) is 4.33. The third-order valence-corrected chi connectivity index (χ3v) is 3.11. The van der Waals surface area contributed by atoms with Crippen LogP contribution < -0.4 is 10.2 Å². The maximum Gasteiger partial charge on any atom is 0.193 e. The zero-order valence-electron chi connectivity index (χ0n) is 10.8. The van der Waals surface area contributed by atoms with Crippen LogP contribution in [0.5, 0.6) is 11.5 Å². The highest BCUT2D eigenvalue weighted by atomic mass is 16.5. The van der Waals surface area contributed by atoms with Gasteiger partial charge in [0.05, 0.1) is 18.1 Å². The summed E-state index contributed by atoms with van der Waals surface area (Å²) in [5.74, 6) is 0.906. The van der Waals surface area contributed by atoms with E-state index in [0.29, 0.717) is 22.5 Å². The SMILES string of the molecule is COc1ccccc1-c1cc(=O)c2cccc(O)c2o1. The molecule has 1 heterocycles. The van der Waals surface area contributed by atoms with Crippen LogP contribution >= 0.6 is 0 Å². The minimum absolute atomic E-state index is 0.0589. The van der Waals surface area contributed by atoms with Crippen molar-refractivity contribution in [2.45, 2.75) is 0 Å². The van der Waals surface area contributed by atoms with Crippen LogP contribution in [0.2, 0.25) is 0 Å². The first kappa shape index (κ1) is 12.3. The summed E-state index contributed by atoms with van der Waals surface area (Å²) in [5, 5.41) is 10.2. The molecular weight excluding hydrogens is 256 g/mol. The number of methoxy groups -OCH3 is 1. The Balaban J connectivity index is 2.33. The van der Waals surface area contributed by atoms with Gasteiger partial charge >= 0.3 is 0 Å². The van der Waals surface area contributed by atoms with Crippen molar-refractivity contribution in [1.82, 2.24) is 0 Å². The summed E-state index contributed by atoms with van der Waals surface area (Å²) in [6, 6.07) is 13.3. The van der Waals surface area contributed by atoms with E-state index in [1.54, 1.807) is 31.4 Å². The molecule has 2 aromatic carbocycles. The number of hydrogen-bond donors (Lipinski definition) is 1. The Morgan fingerprint density at radius 2 is 1.90 bits per heavy atom. The van der Waals surface area contributed by atoms with E-state index in [0.717, 1.165) is 0 Å². The summed E-state index contributed by atoms with van der Waals surface area (Å²) in [6.07, 6.45) is 0. The Morgan fingerprint density at radius 1 is 1.10 bits per heavy atom. The molecule has 20 heavy (non-hydrogen) atoms. The van der Waals surface area contributed by atoms with Crippen molar-refractivity contribution in [1.29, 1.82) is 0 Å². The van der Waals surface area contributed by atoms with Crippen molar-refractivity contribution < 1.29 is 14.3 Å². The molecule has 0 aliphatic rings. The van der Waals surface area contributed by atoms with Gasteiger partial charge in [-0.25, -0.2) is 0 Å². The number of aromatic hydroxyl groups is 1. The van der Waals surface area contributed by atoms with Gasteiger partial charge in [0.2, 0.25) is 0 Å². The van der Waals surface area contributed by atoms with Crippen LogP contribution in [0.15, 0.2) is 57.7 Å². The standard InChI is InChI=1S/C16H12O4/c1-19-14-8-3-2-5-11(14)15-9-13(18)10-6-4-7-12(17)16(10)20-15/h2-9,17H,1H3. The maximum absolute atomic E-state index is 12.1. The van der Waals surface area contributed by atoms with Gasteiger partial charge in [0, 0.05) is 6.07 Å². The van der Waals surface area contributed by atoms with Gasteiger partial charge in [-0.3, -0.25) is 4.79 Å². The lowest BCUT2D eigenvalue weighted by Crippen LogP contribution is -2.00. The number of hydrogen-bond acceptors (Lipinski definition) is 4. The summed E-state index contributed by atoms with van der Waals surface area (Å²) < 4.78 is 10.9. The Hall–Kier alpha value is -2.75. The van der Waals surface area contributed by atoms with E-state index in [9.17, 15) is 9.90 Å². The van der Waals surface area contributed by atoms with Crippen molar-refractivity contribution in [3.05, 3.63) is 58.8 Å².